The molecule has 0 radical (unpaired) electrons. The monoisotopic (exact) mass is 474 g/mol. The summed E-state index contributed by atoms with van der Waals surface area (Å²) in [5, 5.41) is 20.7. The van der Waals surface area contributed by atoms with Crippen molar-refractivity contribution in [1.29, 1.82) is 5.26 Å². The predicted octanol–water partition coefficient (Wildman–Crippen LogP) is 4.65. The Morgan fingerprint density at radius 1 is 1.18 bits per heavy atom. The third-order valence-electron chi connectivity index (χ3n) is 4.35. The summed E-state index contributed by atoms with van der Waals surface area (Å²) in [5.74, 6) is -4.43. The normalized spacial score (nSPS) is 11.1. The molecule has 0 unspecified atom stereocenters. The maximum atomic E-state index is 13.8. The van der Waals surface area contributed by atoms with Gasteiger partial charge in [-0.1, -0.05) is 24.3 Å². The van der Waals surface area contributed by atoms with E-state index in [0.717, 1.165) is 17.1 Å². The van der Waals surface area contributed by atoms with Gasteiger partial charge in [-0.05, 0) is 42.3 Å². The van der Waals surface area contributed by atoms with E-state index in [2.05, 4.69) is 15.5 Å². The van der Waals surface area contributed by atoms with Crippen LogP contribution in [0.25, 0.3) is 6.08 Å². The van der Waals surface area contributed by atoms with Gasteiger partial charge in [0.1, 0.15) is 23.3 Å². The zero-order valence-corrected chi connectivity index (χ0v) is 18.3. The SMILES string of the molecule is CCc1nnc(NC(=O)/C(C#N)=C/c2ccc(OCc3ccc(F)c(F)c3F)c(OC)c2)s1. The summed E-state index contributed by atoms with van der Waals surface area (Å²) in [6.07, 6.45) is 2.02. The molecule has 0 fully saturated rings. The summed E-state index contributed by atoms with van der Waals surface area (Å²) < 4.78 is 51.0. The molecule has 0 saturated carbocycles. The Labute approximate surface area is 191 Å². The van der Waals surface area contributed by atoms with Gasteiger partial charge in [0.05, 0.1) is 7.11 Å². The number of anilines is 1. The molecule has 1 amide bonds. The molecule has 33 heavy (non-hydrogen) atoms. The topological polar surface area (TPSA) is 97.1 Å². The van der Waals surface area contributed by atoms with E-state index in [1.165, 1.54) is 36.7 Å². The highest BCUT2D eigenvalue weighted by atomic mass is 32.1. The van der Waals surface area contributed by atoms with Crippen LogP contribution in [-0.4, -0.2) is 23.2 Å². The predicted molar refractivity (Wildman–Crippen MR) is 115 cm³/mol. The van der Waals surface area contributed by atoms with Gasteiger partial charge < -0.3 is 9.47 Å². The number of halogens is 3. The van der Waals surface area contributed by atoms with E-state index in [1.54, 1.807) is 6.07 Å². The first-order valence-electron chi connectivity index (χ1n) is 9.55. The fourth-order valence-electron chi connectivity index (χ4n) is 2.65. The minimum absolute atomic E-state index is 0.175. The number of nitrogens with one attached hydrogen (secondary N) is 1. The number of carbonyl (C=O) groups excluding carboxylic acids is 1. The van der Waals surface area contributed by atoms with Gasteiger partial charge in [-0.25, -0.2) is 13.2 Å². The second kappa shape index (κ2) is 10.6. The largest absolute Gasteiger partial charge is 0.493 e. The van der Waals surface area contributed by atoms with Gasteiger partial charge >= 0.3 is 0 Å². The molecule has 3 rings (SSSR count). The molecule has 2 aromatic carbocycles. The lowest BCUT2D eigenvalue weighted by Crippen LogP contribution is -2.13. The molecule has 0 bridgehead atoms. The van der Waals surface area contributed by atoms with E-state index in [0.29, 0.717) is 12.0 Å². The first-order chi connectivity index (χ1) is 15.9. The fourth-order valence-corrected chi connectivity index (χ4v) is 3.33. The Hall–Kier alpha value is -3.91. The van der Waals surface area contributed by atoms with Gasteiger partial charge in [0, 0.05) is 5.56 Å². The summed E-state index contributed by atoms with van der Waals surface area (Å²) in [5.41, 5.74) is 0.102. The molecule has 0 aliphatic carbocycles. The van der Waals surface area contributed by atoms with Crippen LogP contribution in [0.2, 0.25) is 0 Å². The van der Waals surface area contributed by atoms with Gasteiger partial charge in [-0.2, -0.15) is 5.26 Å². The van der Waals surface area contributed by atoms with E-state index < -0.39 is 23.4 Å². The molecule has 7 nitrogen and oxygen atoms in total. The molecule has 1 aromatic heterocycles. The number of hydrogen-bond acceptors (Lipinski definition) is 7. The summed E-state index contributed by atoms with van der Waals surface area (Å²) in [4.78, 5) is 12.4. The molecule has 11 heteroatoms. The van der Waals surface area contributed by atoms with Gasteiger partial charge in [-0.3, -0.25) is 10.1 Å². The summed E-state index contributed by atoms with van der Waals surface area (Å²) in [7, 11) is 1.37. The van der Waals surface area contributed by atoms with Gasteiger partial charge in [-0.15, -0.1) is 10.2 Å². The highest BCUT2D eigenvalue weighted by Gasteiger charge is 2.16. The van der Waals surface area contributed by atoms with Crippen molar-refractivity contribution in [3.05, 3.63) is 69.5 Å². The number of amides is 1. The van der Waals surface area contributed by atoms with Crippen LogP contribution in [0, 0.1) is 28.8 Å². The van der Waals surface area contributed by atoms with Crippen LogP contribution in [-0.2, 0) is 17.8 Å². The number of hydrogen-bond donors (Lipinski definition) is 1. The number of nitriles is 1. The molecule has 170 valence electrons. The van der Waals surface area contributed by atoms with Crippen LogP contribution in [0.3, 0.4) is 0 Å². The number of rotatable bonds is 8. The highest BCUT2D eigenvalue weighted by molar-refractivity contribution is 7.15. The number of nitrogens with zero attached hydrogens (tertiary/aromatic N) is 3. The number of aryl methyl sites for hydroxylation is 1. The average molecular weight is 474 g/mol. The highest BCUT2D eigenvalue weighted by Crippen LogP contribution is 2.30. The summed E-state index contributed by atoms with van der Waals surface area (Å²) in [6, 6.07) is 8.25. The van der Waals surface area contributed by atoms with Gasteiger partial charge in [0.25, 0.3) is 5.91 Å². The van der Waals surface area contributed by atoms with Crippen molar-refractivity contribution < 1.29 is 27.4 Å². The number of ether oxygens (including phenoxy) is 2. The fraction of sp³-hybridized carbons (Fsp3) is 0.182. The standard InChI is InChI=1S/C22H17F3N4O3S/c1-3-18-28-29-22(33-18)27-21(30)14(10-26)8-12-4-7-16(17(9-12)31-2)32-11-13-5-6-15(23)20(25)19(13)24/h4-9H,3,11H2,1-2H3,(H,27,29,30)/b14-8+. The van der Waals surface area contributed by atoms with E-state index in [9.17, 15) is 23.2 Å². The third kappa shape index (κ3) is 5.67. The van der Waals surface area contributed by atoms with E-state index in [-0.39, 0.29) is 34.4 Å². The Bertz CT molecular complexity index is 1250. The van der Waals surface area contributed by atoms with Crippen LogP contribution in [0.15, 0.2) is 35.9 Å². The van der Waals surface area contributed by atoms with Crippen molar-refractivity contribution in [1.82, 2.24) is 10.2 Å². The van der Waals surface area contributed by atoms with E-state index >= 15 is 0 Å². The Balaban J connectivity index is 1.76. The second-order valence-corrected chi connectivity index (χ2v) is 7.57. The second-order valence-electron chi connectivity index (χ2n) is 6.51. The third-order valence-corrected chi connectivity index (χ3v) is 5.33. The minimum atomic E-state index is -1.58. The molecule has 0 spiro atoms. The van der Waals surface area contributed by atoms with Crippen molar-refractivity contribution in [2.24, 2.45) is 0 Å². The van der Waals surface area contributed by atoms with Crippen molar-refractivity contribution in [2.75, 3.05) is 12.4 Å². The Morgan fingerprint density at radius 3 is 2.64 bits per heavy atom. The lowest BCUT2D eigenvalue weighted by atomic mass is 10.1. The van der Waals surface area contributed by atoms with Crippen LogP contribution in [0.5, 0.6) is 11.5 Å². The Kier molecular flexibility index (Phi) is 7.63. The van der Waals surface area contributed by atoms with Crippen LogP contribution >= 0.6 is 11.3 Å². The zero-order valence-electron chi connectivity index (χ0n) is 17.5. The van der Waals surface area contributed by atoms with Crippen molar-refractivity contribution >= 4 is 28.5 Å². The minimum Gasteiger partial charge on any atom is -0.493 e. The molecular formula is C22H17F3N4O3S. The number of aromatic nitrogens is 2. The van der Waals surface area contributed by atoms with E-state index in [4.69, 9.17) is 9.47 Å². The number of methoxy groups -OCH3 is 1. The van der Waals surface area contributed by atoms with E-state index in [1.807, 2.05) is 13.0 Å². The lowest BCUT2D eigenvalue weighted by molar-refractivity contribution is -0.112. The van der Waals surface area contributed by atoms with Crippen molar-refractivity contribution in [3.8, 4) is 17.6 Å². The Morgan fingerprint density at radius 2 is 1.97 bits per heavy atom. The van der Waals surface area contributed by atoms with Crippen molar-refractivity contribution in [2.45, 2.75) is 20.0 Å². The number of benzene rings is 2. The molecule has 0 saturated heterocycles. The molecule has 3 aromatic rings. The van der Waals surface area contributed by atoms with Gasteiger partial charge in [0.15, 0.2) is 29.0 Å². The van der Waals surface area contributed by atoms with Crippen LogP contribution in [0.4, 0.5) is 18.3 Å². The maximum absolute atomic E-state index is 13.8. The molecule has 1 heterocycles. The molecule has 0 aliphatic rings. The van der Waals surface area contributed by atoms with Crippen LogP contribution < -0.4 is 14.8 Å². The first kappa shape index (κ1) is 23.7. The maximum Gasteiger partial charge on any atom is 0.268 e. The molecular weight excluding hydrogens is 457 g/mol. The summed E-state index contributed by atoms with van der Waals surface area (Å²) >= 11 is 1.21. The average Bonchev–Trinajstić information content (AvgIpc) is 3.28. The lowest BCUT2D eigenvalue weighted by Gasteiger charge is -2.12. The molecule has 0 aliphatic heterocycles. The quantitative estimate of drug-likeness (QED) is 0.290. The zero-order chi connectivity index (χ0) is 24.0. The van der Waals surface area contributed by atoms with Gasteiger partial charge in [0.2, 0.25) is 5.13 Å². The smallest absolute Gasteiger partial charge is 0.268 e. The molecule has 0 atom stereocenters. The summed E-state index contributed by atoms with van der Waals surface area (Å²) in [6.45, 7) is 1.53. The van der Waals surface area contributed by atoms with Crippen LogP contribution in [0.1, 0.15) is 23.1 Å². The first-order valence-corrected chi connectivity index (χ1v) is 10.4. The van der Waals surface area contributed by atoms with Crippen molar-refractivity contribution in [3.63, 3.8) is 0 Å². The number of carbonyl (C=O) groups is 1. The molecule has 1 N–H and O–H groups in total.